The van der Waals surface area contributed by atoms with Gasteiger partial charge in [0, 0.05) is 24.2 Å². The predicted molar refractivity (Wildman–Crippen MR) is 75.4 cm³/mol. The predicted octanol–water partition coefficient (Wildman–Crippen LogP) is 3.52. The molecule has 2 aliphatic rings. The van der Waals surface area contributed by atoms with Crippen LogP contribution in [0.25, 0.3) is 0 Å². The Bertz CT molecular complexity index is 620. The number of carbonyl (C=O) groups is 1. The fourth-order valence-electron chi connectivity index (χ4n) is 2.53. The molecule has 1 fully saturated rings. The molecule has 0 bridgehead atoms. The second kappa shape index (κ2) is 5.67. The largest absolute Gasteiger partial charge is 0.492 e. The Morgan fingerprint density at radius 2 is 1.83 bits per heavy atom. The van der Waals surface area contributed by atoms with Gasteiger partial charge in [0.05, 0.1) is 0 Å². The maximum absolute atomic E-state index is 13.5. The Morgan fingerprint density at radius 1 is 1.17 bits per heavy atom. The molecule has 1 aromatic rings. The van der Waals surface area contributed by atoms with Gasteiger partial charge in [0.15, 0.2) is 11.5 Å². The average Bonchev–Trinajstić information content (AvgIpc) is 2.86. The van der Waals surface area contributed by atoms with Crippen molar-refractivity contribution in [1.29, 1.82) is 0 Å². The Balaban J connectivity index is 1.84. The van der Waals surface area contributed by atoms with Crippen LogP contribution in [0.1, 0.15) is 19.3 Å². The second-order valence-corrected chi connectivity index (χ2v) is 5.82. The summed E-state index contributed by atoms with van der Waals surface area (Å²) in [5.74, 6) is -3.55. The van der Waals surface area contributed by atoms with E-state index in [4.69, 9.17) is 21.1 Å². The molecule has 9 heteroatoms. The molecule has 2 aliphatic heterocycles. The van der Waals surface area contributed by atoms with Gasteiger partial charge in [-0.3, -0.25) is 5.32 Å². The SMILES string of the molecule is O=C(N[C@@]1(C(F)(F)F)Oc2ccc(Cl)cc2O1)N1CCCCC1. The number of ether oxygens (including phenoxy) is 2. The topological polar surface area (TPSA) is 50.8 Å². The van der Waals surface area contributed by atoms with E-state index in [1.807, 2.05) is 5.32 Å². The number of alkyl halides is 3. The molecule has 1 N–H and O–H groups in total. The number of amides is 2. The molecule has 1 saturated heterocycles. The number of piperidine rings is 1. The van der Waals surface area contributed by atoms with Crippen molar-refractivity contribution in [1.82, 2.24) is 10.2 Å². The maximum Gasteiger partial charge on any atom is 0.492 e. The first-order valence-corrected chi connectivity index (χ1v) is 7.50. The molecular weight excluding hydrogens is 337 g/mol. The highest BCUT2D eigenvalue weighted by Gasteiger charge is 2.66. The van der Waals surface area contributed by atoms with E-state index in [-0.39, 0.29) is 16.5 Å². The van der Waals surface area contributed by atoms with Crippen LogP contribution in [0.4, 0.5) is 18.0 Å². The molecule has 3 rings (SSSR count). The summed E-state index contributed by atoms with van der Waals surface area (Å²) in [6.45, 7) is 0.803. The highest BCUT2D eigenvalue weighted by molar-refractivity contribution is 6.30. The summed E-state index contributed by atoms with van der Waals surface area (Å²) in [5, 5.41) is 2.04. The Labute approximate surface area is 135 Å². The summed E-state index contributed by atoms with van der Waals surface area (Å²) in [4.78, 5) is 13.5. The fourth-order valence-corrected chi connectivity index (χ4v) is 2.69. The number of carbonyl (C=O) groups excluding carboxylic acids is 1. The summed E-state index contributed by atoms with van der Waals surface area (Å²) in [6, 6.07) is 2.97. The minimum atomic E-state index is -4.97. The first-order chi connectivity index (χ1) is 10.8. The van der Waals surface area contributed by atoms with E-state index in [1.165, 1.54) is 23.1 Å². The molecule has 126 valence electrons. The number of hydrogen-bond donors (Lipinski definition) is 1. The number of fused-ring (bicyclic) bond motifs is 1. The van der Waals surface area contributed by atoms with Crippen molar-refractivity contribution in [3.05, 3.63) is 23.2 Å². The summed E-state index contributed by atoms with van der Waals surface area (Å²) in [6.07, 6.45) is -2.51. The van der Waals surface area contributed by atoms with Gasteiger partial charge >= 0.3 is 18.1 Å². The molecule has 1 atom stereocenters. The molecule has 1 aromatic carbocycles. The Hall–Kier alpha value is -1.83. The molecule has 2 amide bonds. The molecule has 0 saturated carbocycles. The fraction of sp³-hybridized carbons (Fsp3) is 0.500. The highest BCUT2D eigenvalue weighted by atomic mass is 35.5. The lowest BCUT2D eigenvalue weighted by molar-refractivity contribution is -0.318. The van der Waals surface area contributed by atoms with Gasteiger partial charge in [-0.1, -0.05) is 11.6 Å². The summed E-state index contributed by atoms with van der Waals surface area (Å²) in [7, 11) is 0. The average molecular weight is 351 g/mol. The molecule has 0 radical (unpaired) electrons. The molecule has 23 heavy (non-hydrogen) atoms. The van der Waals surface area contributed by atoms with Gasteiger partial charge in [0.2, 0.25) is 0 Å². The van der Waals surface area contributed by atoms with Gasteiger partial charge in [-0.15, -0.1) is 0 Å². The van der Waals surface area contributed by atoms with E-state index in [0.717, 1.165) is 19.3 Å². The van der Waals surface area contributed by atoms with Crippen molar-refractivity contribution in [3.63, 3.8) is 0 Å². The van der Waals surface area contributed by atoms with Crippen molar-refractivity contribution < 1.29 is 27.4 Å². The molecule has 2 heterocycles. The molecule has 5 nitrogen and oxygen atoms in total. The monoisotopic (exact) mass is 350 g/mol. The zero-order valence-corrected chi connectivity index (χ0v) is 12.7. The molecule has 0 unspecified atom stereocenters. The minimum Gasteiger partial charge on any atom is -0.424 e. The highest BCUT2D eigenvalue weighted by Crippen LogP contribution is 2.46. The first-order valence-electron chi connectivity index (χ1n) is 7.12. The number of nitrogens with zero attached hydrogens (tertiary/aromatic N) is 1. The summed E-state index contributed by atoms with van der Waals surface area (Å²) in [5.41, 5.74) is 0. The second-order valence-electron chi connectivity index (χ2n) is 5.39. The van der Waals surface area contributed by atoms with E-state index < -0.39 is 18.1 Å². The standard InChI is InChI=1S/C14H14ClF3N2O3/c15-9-4-5-10-11(8-9)23-14(22-10,13(16,17)18)19-12(21)20-6-2-1-3-7-20/h4-5,8H,1-3,6-7H2,(H,19,21)/t14-/m0/s1. The van der Waals surface area contributed by atoms with E-state index >= 15 is 0 Å². The zero-order chi connectivity index (χ0) is 16.7. The van der Waals surface area contributed by atoms with Crippen LogP contribution in [0.15, 0.2) is 18.2 Å². The lowest BCUT2D eigenvalue weighted by Crippen LogP contribution is -2.66. The van der Waals surface area contributed by atoms with Crippen LogP contribution in [0, 0.1) is 0 Å². The van der Waals surface area contributed by atoms with Crippen molar-refractivity contribution >= 4 is 17.6 Å². The van der Waals surface area contributed by atoms with Gasteiger partial charge in [-0.2, -0.15) is 13.2 Å². The third kappa shape index (κ3) is 2.99. The Kier molecular flexibility index (Phi) is 3.95. The smallest absolute Gasteiger partial charge is 0.424 e. The van der Waals surface area contributed by atoms with Gasteiger partial charge in [0.25, 0.3) is 0 Å². The molecular formula is C14H14ClF3N2O3. The number of urea groups is 1. The van der Waals surface area contributed by atoms with Crippen LogP contribution < -0.4 is 14.8 Å². The Morgan fingerprint density at radius 3 is 2.48 bits per heavy atom. The summed E-state index contributed by atoms with van der Waals surface area (Å²) >= 11 is 5.75. The van der Waals surface area contributed by atoms with Crippen LogP contribution >= 0.6 is 11.6 Å². The van der Waals surface area contributed by atoms with E-state index in [0.29, 0.717) is 13.1 Å². The third-order valence-electron chi connectivity index (χ3n) is 3.70. The minimum absolute atomic E-state index is 0.134. The van der Waals surface area contributed by atoms with Crippen molar-refractivity contribution in [2.45, 2.75) is 31.3 Å². The van der Waals surface area contributed by atoms with E-state index in [2.05, 4.69) is 0 Å². The zero-order valence-electron chi connectivity index (χ0n) is 12.0. The number of likely N-dealkylation sites (tertiary alicyclic amines) is 1. The van der Waals surface area contributed by atoms with Crippen LogP contribution in [-0.2, 0) is 0 Å². The van der Waals surface area contributed by atoms with Gasteiger partial charge < -0.3 is 14.4 Å². The van der Waals surface area contributed by atoms with Crippen molar-refractivity contribution in [2.24, 2.45) is 0 Å². The van der Waals surface area contributed by atoms with Gasteiger partial charge in [-0.05, 0) is 31.4 Å². The number of rotatable bonds is 1. The molecule has 0 aromatic heterocycles. The maximum atomic E-state index is 13.5. The number of nitrogens with one attached hydrogen (secondary N) is 1. The lowest BCUT2D eigenvalue weighted by atomic mass is 10.1. The van der Waals surface area contributed by atoms with Gasteiger partial charge in [-0.25, -0.2) is 4.79 Å². The third-order valence-corrected chi connectivity index (χ3v) is 3.94. The number of halogens is 4. The van der Waals surface area contributed by atoms with Crippen LogP contribution in [0.5, 0.6) is 11.5 Å². The van der Waals surface area contributed by atoms with Gasteiger partial charge in [0.1, 0.15) is 0 Å². The molecule has 0 spiro atoms. The summed E-state index contributed by atoms with van der Waals surface area (Å²) < 4.78 is 50.3. The van der Waals surface area contributed by atoms with Crippen LogP contribution in [-0.4, -0.2) is 36.1 Å². The first kappa shape index (κ1) is 16.0. The number of hydrogen-bond acceptors (Lipinski definition) is 3. The molecule has 0 aliphatic carbocycles. The number of benzene rings is 1. The van der Waals surface area contributed by atoms with E-state index in [9.17, 15) is 18.0 Å². The van der Waals surface area contributed by atoms with E-state index in [1.54, 1.807) is 0 Å². The quantitative estimate of drug-likeness (QED) is 0.843. The van der Waals surface area contributed by atoms with Crippen molar-refractivity contribution in [2.75, 3.05) is 13.1 Å². The van der Waals surface area contributed by atoms with Crippen LogP contribution in [0.2, 0.25) is 5.02 Å². The van der Waals surface area contributed by atoms with Crippen molar-refractivity contribution in [3.8, 4) is 11.5 Å². The lowest BCUT2D eigenvalue weighted by Gasteiger charge is -2.33. The normalized spacial score (nSPS) is 23.7. The van der Waals surface area contributed by atoms with Crippen LogP contribution in [0.3, 0.4) is 0 Å².